The van der Waals surface area contributed by atoms with Crippen molar-refractivity contribution in [2.24, 2.45) is 5.92 Å². The second kappa shape index (κ2) is 11.0. The number of aliphatic hydroxyl groups excluding tert-OH is 1. The summed E-state index contributed by atoms with van der Waals surface area (Å²) in [5, 5.41) is 8.56. The maximum atomic E-state index is 11.1. The molecule has 0 radical (unpaired) electrons. The van der Waals surface area contributed by atoms with Crippen LogP contribution in [-0.2, 0) is 9.53 Å². The van der Waals surface area contributed by atoms with E-state index < -0.39 is 0 Å². The summed E-state index contributed by atoms with van der Waals surface area (Å²) in [6, 6.07) is 0. The van der Waals surface area contributed by atoms with Crippen molar-refractivity contribution in [2.45, 2.75) is 66.5 Å². The van der Waals surface area contributed by atoms with Crippen molar-refractivity contribution in [3.8, 4) is 0 Å². The fourth-order valence-electron chi connectivity index (χ4n) is 1.27. The lowest BCUT2D eigenvalue weighted by Crippen LogP contribution is -2.40. The summed E-state index contributed by atoms with van der Waals surface area (Å²) in [7, 11) is 4.04. The van der Waals surface area contributed by atoms with Gasteiger partial charge in [0.15, 0.2) is 0 Å². The number of esters is 1. The van der Waals surface area contributed by atoms with Gasteiger partial charge in [0, 0.05) is 24.2 Å². The molecule has 0 saturated heterocycles. The third kappa shape index (κ3) is 13.5. The molecule has 0 atom stereocenters. The van der Waals surface area contributed by atoms with E-state index in [9.17, 15) is 4.79 Å². The van der Waals surface area contributed by atoms with Gasteiger partial charge in [0.25, 0.3) is 0 Å². The minimum absolute atomic E-state index is 0.0325. The molecule has 5 heteroatoms. The minimum Gasteiger partial charge on any atom is -0.464 e. The van der Waals surface area contributed by atoms with Gasteiger partial charge in [0.2, 0.25) is 0 Å². The fraction of sp³-hybridized carbons (Fsp3) is 0.944. The fourth-order valence-corrected chi connectivity index (χ4v) is 1.27. The Labute approximate surface area is 144 Å². The first kappa shape index (κ1) is 24.6. The Kier molecular flexibility index (Phi) is 11.8. The van der Waals surface area contributed by atoms with Gasteiger partial charge in [-0.1, -0.05) is 13.8 Å². The van der Waals surface area contributed by atoms with E-state index in [0.29, 0.717) is 6.61 Å². The van der Waals surface area contributed by atoms with Crippen LogP contribution in [-0.4, -0.2) is 72.4 Å². The zero-order chi connectivity index (χ0) is 18.8. The average molecular weight is 333 g/mol. The predicted molar refractivity (Wildman–Crippen MR) is 97.6 cm³/mol. The number of aliphatic hydroxyl groups is 1. The van der Waals surface area contributed by atoms with E-state index in [1.165, 1.54) is 0 Å². The second-order valence-electron chi connectivity index (χ2n) is 8.23. The van der Waals surface area contributed by atoms with Crippen LogP contribution in [0.25, 0.3) is 0 Å². The van der Waals surface area contributed by atoms with Crippen LogP contribution in [0, 0.1) is 5.92 Å². The van der Waals surface area contributed by atoms with Crippen molar-refractivity contribution in [1.29, 1.82) is 0 Å². The number of β-amino-alcohol motifs (C(OH)–C–C–N with tert-alkyl or cyclic N) is 1. The van der Waals surface area contributed by atoms with E-state index in [0.717, 1.165) is 13.1 Å². The molecule has 0 aromatic carbocycles. The van der Waals surface area contributed by atoms with Gasteiger partial charge < -0.3 is 9.84 Å². The first-order chi connectivity index (χ1) is 10.2. The topological polar surface area (TPSA) is 53.0 Å². The summed E-state index contributed by atoms with van der Waals surface area (Å²) < 4.78 is 5.09. The van der Waals surface area contributed by atoms with Gasteiger partial charge in [-0.2, -0.15) is 0 Å². The Bertz CT molecular complexity index is 317. The van der Waals surface area contributed by atoms with Crippen LogP contribution in [0.3, 0.4) is 0 Å². The summed E-state index contributed by atoms with van der Waals surface area (Å²) in [6.45, 7) is 18.7. The van der Waals surface area contributed by atoms with Crippen LogP contribution < -0.4 is 0 Å². The molecule has 0 spiro atoms. The molecule has 1 N–H and O–H groups in total. The molecule has 140 valence electrons. The largest absolute Gasteiger partial charge is 0.464 e. The van der Waals surface area contributed by atoms with Gasteiger partial charge >= 0.3 is 5.97 Å². The van der Waals surface area contributed by atoms with Crippen molar-refractivity contribution in [3.63, 3.8) is 0 Å². The predicted octanol–water partition coefficient (Wildman–Crippen LogP) is 2.62. The number of hydrogen-bond donors (Lipinski definition) is 1. The highest BCUT2D eigenvalue weighted by atomic mass is 16.5. The summed E-state index contributed by atoms with van der Waals surface area (Å²) in [5.74, 6) is -0.151. The molecular weight excluding hydrogens is 292 g/mol. The number of ether oxygens (including phenoxy) is 1. The average Bonchev–Trinajstić information content (AvgIpc) is 2.37. The Balaban J connectivity index is 0. The van der Waals surface area contributed by atoms with Crippen LogP contribution in [0.15, 0.2) is 0 Å². The molecule has 0 bridgehead atoms. The van der Waals surface area contributed by atoms with Crippen molar-refractivity contribution < 1.29 is 14.6 Å². The zero-order valence-electron chi connectivity index (χ0n) is 17.1. The Hall–Kier alpha value is -0.650. The molecule has 0 aromatic heterocycles. The normalized spacial score (nSPS) is 12.4. The standard InChI is InChI=1S/C11H23NO2.C7H17NO/c1-9(2)10(13)14-8-7-12(6)11(3,4)5;1-7(2,3)8(4)5-6-9/h9H,7-8H2,1-6H3;9H,5-6H2,1-4H3. The molecule has 0 unspecified atom stereocenters. The molecule has 0 heterocycles. The van der Waals surface area contributed by atoms with Crippen molar-refractivity contribution >= 4 is 5.97 Å². The zero-order valence-corrected chi connectivity index (χ0v) is 17.1. The highest BCUT2D eigenvalue weighted by Gasteiger charge is 2.17. The van der Waals surface area contributed by atoms with Gasteiger partial charge in [-0.25, -0.2) is 0 Å². The molecule has 5 nitrogen and oxygen atoms in total. The van der Waals surface area contributed by atoms with Crippen LogP contribution in [0.2, 0.25) is 0 Å². The van der Waals surface area contributed by atoms with E-state index in [1.807, 2.05) is 27.9 Å². The van der Waals surface area contributed by atoms with Crippen LogP contribution in [0.1, 0.15) is 55.4 Å². The molecule has 0 amide bonds. The molecule has 0 aliphatic carbocycles. The van der Waals surface area contributed by atoms with E-state index in [-0.39, 0.29) is 29.6 Å². The van der Waals surface area contributed by atoms with Crippen LogP contribution in [0.5, 0.6) is 0 Å². The van der Waals surface area contributed by atoms with Gasteiger partial charge in [-0.05, 0) is 55.6 Å². The lowest BCUT2D eigenvalue weighted by molar-refractivity contribution is -0.147. The molecule has 0 aromatic rings. The van der Waals surface area contributed by atoms with E-state index in [2.05, 4.69) is 51.3 Å². The number of rotatable bonds is 6. The van der Waals surface area contributed by atoms with Crippen molar-refractivity contribution in [2.75, 3.05) is 40.4 Å². The third-order valence-corrected chi connectivity index (χ3v) is 3.87. The summed E-state index contributed by atoms with van der Waals surface area (Å²) in [5.41, 5.74) is 0.312. The SMILES string of the molecule is CC(C)C(=O)OCCN(C)C(C)(C)C.CN(CCO)C(C)(C)C. The molecule has 23 heavy (non-hydrogen) atoms. The third-order valence-electron chi connectivity index (χ3n) is 3.87. The van der Waals surface area contributed by atoms with Crippen molar-refractivity contribution in [3.05, 3.63) is 0 Å². The quantitative estimate of drug-likeness (QED) is 0.758. The Morgan fingerprint density at radius 1 is 0.957 bits per heavy atom. The maximum absolute atomic E-state index is 11.1. The maximum Gasteiger partial charge on any atom is 0.308 e. The van der Waals surface area contributed by atoms with E-state index >= 15 is 0 Å². The highest BCUT2D eigenvalue weighted by molar-refractivity contribution is 5.71. The molecule has 0 aliphatic heterocycles. The summed E-state index contributed by atoms with van der Waals surface area (Å²) in [4.78, 5) is 15.4. The molecule has 0 rings (SSSR count). The van der Waals surface area contributed by atoms with Crippen LogP contribution >= 0.6 is 0 Å². The monoisotopic (exact) mass is 332 g/mol. The van der Waals surface area contributed by atoms with Crippen LogP contribution in [0.4, 0.5) is 0 Å². The van der Waals surface area contributed by atoms with Gasteiger partial charge in [-0.15, -0.1) is 0 Å². The lowest BCUT2D eigenvalue weighted by Gasteiger charge is -2.31. The number of nitrogens with zero attached hydrogens (tertiary/aromatic N) is 2. The first-order valence-corrected chi connectivity index (χ1v) is 8.43. The van der Waals surface area contributed by atoms with E-state index in [4.69, 9.17) is 9.84 Å². The number of carbonyl (C=O) groups is 1. The summed E-state index contributed by atoms with van der Waals surface area (Å²) >= 11 is 0. The van der Waals surface area contributed by atoms with Gasteiger partial charge in [0.1, 0.15) is 6.61 Å². The smallest absolute Gasteiger partial charge is 0.308 e. The number of hydrogen-bond acceptors (Lipinski definition) is 5. The summed E-state index contributed by atoms with van der Waals surface area (Å²) in [6.07, 6.45) is 0. The number of likely N-dealkylation sites (N-methyl/N-ethyl adjacent to an activating group) is 2. The Morgan fingerprint density at radius 3 is 1.61 bits per heavy atom. The minimum atomic E-state index is -0.118. The number of carbonyl (C=O) groups excluding carboxylic acids is 1. The molecule has 0 aliphatic rings. The highest BCUT2D eigenvalue weighted by Crippen LogP contribution is 2.09. The molecule has 0 fully saturated rings. The van der Waals surface area contributed by atoms with Crippen molar-refractivity contribution in [1.82, 2.24) is 9.80 Å². The lowest BCUT2D eigenvalue weighted by atomic mass is 10.1. The Morgan fingerprint density at radius 2 is 1.35 bits per heavy atom. The molecular formula is C18H40N2O3. The van der Waals surface area contributed by atoms with Gasteiger partial charge in [-0.3, -0.25) is 14.6 Å². The first-order valence-electron chi connectivity index (χ1n) is 8.43. The van der Waals surface area contributed by atoms with Gasteiger partial charge in [0.05, 0.1) is 12.5 Å². The van der Waals surface area contributed by atoms with E-state index in [1.54, 1.807) is 0 Å². The molecule has 0 saturated carbocycles. The second-order valence-corrected chi connectivity index (χ2v) is 8.23.